The van der Waals surface area contributed by atoms with Crippen molar-refractivity contribution in [2.45, 2.75) is 16.7 Å². The Kier molecular flexibility index (Phi) is 4.18. The fraction of sp³-hybridized carbons (Fsp3) is 0.0667. The van der Waals surface area contributed by atoms with Gasteiger partial charge in [0, 0.05) is 15.5 Å². The molecular formula is C15H13NO4S. The predicted octanol–water partition coefficient (Wildman–Crippen LogP) is 3.12. The highest BCUT2D eigenvalue weighted by Gasteiger charge is 2.15. The van der Waals surface area contributed by atoms with Crippen molar-refractivity contribution in [2.24, 2.45) is 0 Å². The number of carboxylic acids is 2. The summed E-state index contributed by atoms with van der Waals surface area (Å²) in [5, 5.41) is 18.2. The predicted molar refractivity (Wildman–Crippen MR) is 80.1 cm³/mol. The van der Waals surface area contributed by atoms with Gasteiger partial charge >= 0.3 is 11.9 Å². The molecule has 4 N–H and O–H groups in total. The second-order valence-electron chi connectivity index (χ2n) is 4.36. The third kappa shape index (κ3) is 3.00. The third-order valence-corrected chi connectivity index (χ3v) is 4.19. The third-order valence-electron chi connectivity index (χ3n) is 3.04. The molecule has 0 heterocycles. The largest absolute Gasteiger partial charge is 0.478 e. The van der Waals surface area contributed by atoms with Crippen LogP contribution in [0.1, 0.15) is 26.3 Å². The van der Waals surface area contributed by atoms with Gasteiger partial charge in [-0.25, -0.2) is 9.59 Å². The van der Waals surface area contributed by atoms with E-state index < -0.39 is 11.9 Å². The maximum Gasteiger partial charge on any atom is 0.336 e. The number of anilines is 1. The van der Waals surface area contributed by atoms with Crippen LogP contribution in [-0.4, -0.2) is 22.2 Å². The zero-order valence-electron chi connectivity index (χ0n) is 11.2. The summed E-state index contributed by atoms with van der Waals surface area (Å²) >= 11 is 1.20. The van der Waals surface area contributed by atoms with E-state index in [-0.39, 0.29) is 11.1 Å². The second kappa shape index (κ2) is 5.88. The lowest BCUT2D eigenvalue weighted by Gasteiger charge is -2.11. The summed E-state index contributed by atoms with van der Waals surface area (Å²) in [5.41, 5.74) is 7.11. The molecule has 21 heavy (non-hydrogen) atoms. The Labute approximate surface area is 125 Å². The lowest BCUT2D eigenvalue weighted by atomic mass is 10.1. The topological polar surface area (TPSA) is 101 Å². The molecule has 2 rings (SSSR count). The minimum Gasteiger partial charge on any atom is -0.478 e. The van der Waals surface area contributed by atoms with Crippen LogP contribution in [0, 0.1) is 6.92 Å². The quantitative estimate of drug-likeness (QED) is 0.750. The van der Waals surface area contributed by atoms with Crippen LogP contribution >= 0.6 is 11.8 Å². The summed E-state index contributed by atoms with van der Waals surface area (Å²) in [5.74, 6) is -2.06. The van der Waals surface area contributed by atoms with Gasteiger partial charge in [0.2, 0.25) is 0 Å². The van der Waals surface area contributed by atoms with E-state index in [0.29, 0.717) is 21.0 Å². The molecule has 108 valence electrons. The van der Waals surface area contributed by atoms with Gasteiger partial charge in [-0.2, -0.15) is 0 Å². The zero-order valence-corrected chi connectivity index (χ0v) is 12.0. The Morgan fingerprint density at radius 1 is 0.952 bits per heavy atom. The Bertz CT molecular complexity index is 728. The Balaban J connectivity index is 2.44. The number of benzene rings is 2. The lowest BCUT2D eigenvalue weighted by molar-refractivity contribution is 0.0684. The van der Waals surface area contributed by atoms with Crippen LogP contribution in [0.4, 0.5) is 5.69 Å². The Morgan fingerprint density at radius 2 is 1.57 bits per heavy atom. The normalized spacial score (nSPS) is 10.3. The highest BCUT2D eigenvalue weighted by molar-refractivity contribution is 7.99. The van der Waals surface area contributed by atoms with E-state index in [1.807, 2.05) is 0 Å². The summed E-state index contributed by atoms with van der Waals surface area (Å²) in [7, 11) is 0. The summed E-state index contributed by atoms with van der Waals surface area (Å²) in [6, 6.07) is 9.65. The van der Waals surface area contributed by atoms with Crippen LogP contribution in [0.3, 0.4) is 0 Å². The molecule has 2 aromatic rings. The minimum atomic E-state index is -1.04. The molecule has 2 aromatic carbocycles. The lowest BCUT2D eigenvalue weighted by Crippen LogP contribution is -2.04. The first-order valence-corrected chi connectivity index (χ1v) is 6.86. The highest BCUT2D eigenvalue weighted by Crippen LogP contribution is 2.36. The van der Waals surface area contributed by atoms with Gasteiger partial charge in [0.25, 0.3) is 0 Å². The number of carbonyl (C=O) groups is 2. The van der Waals surface area contributed by atoms with E-state index in [1.165, 1.54) is 23.9 Å². The SMILES string of the molecule is Cc1c(C(=O)O)ccc(Sc2ccccc2C(=O)O)c1N. The number of nitrogens with two attached hydrogens (primary N) is 1. The van der Waals surface area contributed by atoms with E-state index in [1.54, 1.807) is 31.2 Å². The van der Waals surface area contributed by atoms with Gasteiger partial charge in [0.15, 0.2) is 0 Å². The van der Waals surface area contributed by atoms with Crippen LogP contribution in [-0.2, 0) is 0 Å². The first-order valence-electron chi connectivity index (χ1n) is 6.04. The van der Waals surface area contributed by atoms with Crippen molar-refractivity contribution >= 4 is 29.4 Å². The minimum absolute atomic E-state index is 0.142. The first-order chi connectivity index (χ1) is 9.91. The molecule has 0 unspecified atom stereocenters. The number of hydrogen-bond donors (Lipinski definition) is 3. The fourth-order valence-corrected chi connectivity index (χ4v) is 2.92. The molecule has 0 atom stereocenters. The fourth-order valence-electron chi connectivity index (χ4n) is 1.88. The van der Waals surface area contributed by atoms with Crippen molar-refractivity contribution in [3.05, 3.63) is 53.1 Å². The summed E-state index contributed by atoms with van der Waals surface area (Å²) in [4.78, 5) is 23.4. The van der Waals surface area contributed by atoms with Gasteiger partial charge in [-0.15, -0.1) is 0 Å². The number of carboxylic acid groups (broad SMARTS) is 2. The Morgan fingerprint density at radius 3 is 2.19 bits per heavy atom. The summed E-state index contributed by atoms with van der Waals surface area (Å²) < 4.78 is 0. The molecule has 0 aromatic heterocycles. The van der Waals surface area contributed by atoms with Crippen molar-refractivity contribution < 1.29 is 19.8 Å². The maximum absolute atomic E-state index is 11.2. The van der Waals surface area contributed by atoms with Gasteiger partial charge in [0.1, 0.15) is 0 Å². The Hall–Kier alpha value is -2.47. The molecular weight excluding hydrogens is 290 g/mol. The monoisotopic (exact) mass is 303 g/mol. The standard InChI is InChI=1S/C15H13NO4S/c1-8-9(14(17)18)6-7-12(13(8)16)21-11-5-3-2-4-10(11)15(19)20/h2-7H,16H2,1H3,(H,17,18)(H,19,20). The molecule has 0 radical (unpaired) electrons. The van der Waals surface area contributed by atoms with Crippen LogP contribution in [0.25, 0.3) is 0 Å². The molecule has 5 nitrogen and oxygen atoms in total. The van der Waals surface area contributed by atoms with Crippen molar-refractivity contribution in [3.8, 4) is 0 Å². The van der Waals surface area contributed by atoms with Crippen molar-refractivity contribution in [1.82, 2.24) is 0 Å². The summed E-state index contributed by atoms with van der Waals surface area (Å²) in [6.45, 7) is 1.63. The average Bonchev–Trinajstić information content (AvgIpc) is 2.44. The number of nitrogen functional groups attached to an aromatic ring is 1. The van der Waals surface area contributed by atoms with E-state index >= 15 is 0 Å². The molecule has 0 fully saturated rings. The number of rotatable bonds is 4. The maximum atomic E-state index is 11.2. The highest BCUT2D eigenvalue weighted by atomic mass is 32.2. The van der Waals surface area contributed by atoms with Gasteiger partial charge in [-0.05, 0) is 36.8 Å². The van der Waals surface area contributed by atoms with Crippen LogP contribution in [0.2, 0.25) is 0 Å². The molecule has 0 saturated heterocycles. The number of hydrogen-bond acceptors (Lipinski definition) is 4. The number of aromatic carboxylic acids is 2. The zero-order chi connectivity index (χ0) is 15.6. The first kappa shape index (κ1) is 14.9. The molecule has 0 bridgehead atoms. The average molecular weight is 303 g/mol. The van der Waals surface area contributed by atoms with E-state index in [4.69, 9.17) is 15.9 Å². The van der Waals surface area contributed by atoms with Crippen LogP contribution < -0.4 is 5.73 Å². The molecule has 6 heteroatoms. The smallest absolute Gasteiger partial charge is 0.336 e. The van der Waals surface area contributed by atoms with Crippen molar-refractivity contribution in [3.63, 3.8) is 0 Å². The van der Waals surface area contributed by atoms with Crippen molar-refractivity contribution in [1.29, 1.82) is 0 Å². The molecule has 0 aliphatic heterocycles. The van der Waals surface area contributed by atoms with Crippen molar-refractivity contribution in [2.75, 3.05) is 5.73 Å². The molecule has 0 saturated carbocycles. The van der Waals surface area contributed by atoms with Gasteiger partial charge in [-0.1, -0.05) is 23.9 Å². The van der Waals surface area contributed by atoms with E-state index in [2.05, 4.69) is 0 Å². The molecule has 0 amide bonds. The van der Waals surface area contributed by atoms with Crippen LogP contribution in [0.15, 0.2) is 46.2 Å². The van der Waals surface area contributed by atoms with Gasteiger partial charge in [0.05, 0.1) is 11.1 Å². The van der Waals surface area contributed by atoms with E-state index in [0.717, 1.165) is 0 Å². The van der Waals surface area contributed by atoms with Gasteiger partial charge in [-0.3, -0.25) is 0 Å². The van der Waals surface area contributed by atoms with Gasteiger partial charge < -0.3 is 15.9 Å². The molecule has 0 spiro atoms. The van der Waals surface area contributed by atoms with Crippen LogP contribution in [0.5, 0.6) is 0 Å². The molecule has 0 aliphatic carbocycles. The second-order valence-corrected chi connectivity index (χ2v) is 5.44. The van der Waals surface area contributed by atoms with E-state index in [9.17, 15) is 9.59 Å². The summed E-state index contributed by atoms with van der Waals surface area (Å²) in [6.07, 6.45) is 0. The molecule has 0 aliphatic rings.